The predicted molar refractivity (Wildman–Crippen MR) is 82.7 cm³/mol. The van der Waals surface area contributed by atoms with Crippen LogP contribution < -0.4 is 10.6 Å². The number of aliphatic hydroxyl groups is 1. The van der Waals surface area contributed by atoms with Crippen LogP contribution in [0.4, 0.5) is 0 Å². The van der Waals surface area contributed by atoms with Crippen molar-refractivity contribution in [2.24, 2.45) is 11.3 Å². The van der Waals surface area contributed by atoms with Crippen molar-refractivity contribution in [3.8, 4) is 0 Å². The van der Waals surface area contributed by atoms with Crippen LogP contribution in [0.25, 0.3) is 0 Å². The van der Waals surface area contributed by atoms with Crippen molar-refractivity contribution in [3.63, 3.8) is 0 Å². The molecule has 5 heteroatoms. The van der Waals surface area contributed by atoms with Crippen molar-refractivity contribution in [1.82, 2.24) is 10.6 Å². The number of nitrogens with one attached hydrogen (secondary N) is 2. The molecule has 1 aliphatic carbocycles. The first-order valence-electron chi connectivity index (χ1n) is 7.84. The van der Waals surface area contributed by atoms with Crippen LogP contribution in [0.3, 0.4) is 0 Å². The summed E-state index contributed by atoms with van der Waals surface area (Å²) in [7, 11) is 0. The van der Waals surface area contributed by atoms with Gasteiger partial charge in [-0.15, -0.1) is 0 Å². The van der Waals surface area contributed by atoms with Crippen molar-refractivity contribution in [3.05, 3.63) is 0 Å². The summed E-state index contributed by atoms with van der Waals surface area (Å²) in [5.41, 5.74) is -1.33. The van der Waals surface area contributed by atoms with E-state index in [9.17, 15) is 14.7 Å². The lowest BCUT2D eigenvalue weighted by Crippen LogP contribution is -2.52. The van der Waals surface area contributed by atoms with E-state index >= 15 is 0 Å². The van der Waals surface area contributed by atoms with E-state index in [1.807, 2.05) is 0 Å². The summed E-state index contributed by atoms with van der Waals surface area (Å²) in [6, 6.07) is -0.596. The first kappa shape index (κ1) is 18.0. The van der Waals surface area contributed by atoms with E-state index in [-0.39, 0.29) is 18.4 Å². The Morgan fingerprint density at radius 2 is 2.00 bits per heavy atom. The van der Waals surface area contributed by atoms with E-state index in [1.165, 1.54) is 0 Å². The Balaban J connectivity index is 2.44. The monoisotopic (exact) mass is 298 g/mol. The van der Waals surface area contributed by atoms with E-state index in [2.05, 4.69) is 17.6 Å². The van der Waals surface area contributed by atoms with E-state index < -0.39 is 17.1 Å². The maximum Gasteiger partial charge on any atom is 0.242 e. The van der Waals surface area contributed by atoms with Crippen LogP contribution in [0, 0.1) is 11.3 Å². The van der Waals surface area contributed by atoms with Gasteiger partial charge in [0, 0.05) is 12.0 Å². The molecule has 3 N–H and O–H groups in total. The van der Waals surface area contributed by atoms with Gasteiger partial charge in [-0.2, -0.15) is 0 Å². The number of rotatable bonds is 4. The average molecular weight is 298 g/mol. The number of hydrogen-bond acceptors (Lipinski definition) is 3. The molecule has 0 spiro atoms. The van der Waals surface area contributed by atoms with Gasteiger partial charge in [0.05, 0.1) is 5.60 Å². The molecule has 122 valence electrons. The summed E-state index contributed by atoms with van der Waals surface area (Å²) in [5.74, 6) is 0.0769. The van der Waals surface area contributed by atoms with Crippen molar-refractivity contribution >= 4 is 11.8 Å². The number of amides is 2. The van der Waals surface area contributed by atoms with Gasteiger partial charge in [0.15, 0.2) is 0 Å². The van der Waals surface area contributed by atoms with Crippen LogP contribution in [-0.2, 0) is 9.59 Å². The minimum atomic E-state index is -0.804. The van der Waals surface area contributed by atoms with Crippen LogP contribution >= 0.6 is 0 Å². The summed E-state index contributed by atoms with van der Waals surface area (Å²) in [5, 5.41) is 15.9. The molecule has 2 amide bonds. The highest BCUT2D eigenvalue weighted by Gasteiger charge is 2.33. The summed E-state index contributed by atoms with van der Waals surface area (Å²) in [6.07, 6.45) is 3.56. The molecule has 1 fully saturated rings. The van der Waals surface area contributed by atoms with Crippen molar-refractivity contribution in [1.29, 1.82) is 0 Å². The van der Waals surface area contributed by atoms with Gasteiger partial charge in [-0.1, -0.05) is 40.5 Å². The van der Waals surface area contributed by atoms with E-state index in [4.69, 9.17) is 0 Å². The first-order valence-corrected chi connectivity index (χ1v) is 7.84. The molecule has 1 aliphatic rings. The minimum Gasteiger partial charge on any atom is -0.388 e. The molecule has 0 aliphatic heterocycles. The Labute approximate surface area is 127 Å². The second-order valence-electron chi connectivity index (χ2n) is 7.59. The Hall–Kier alpha value is -1.10. The average Bonchev–Trinajstić information content (AvgIpc) is 2.34. The van der Waals surface area contributed by atoms with Crippen LogP contribution in [0.15, 0.2) is 0 Å². The molecule has 21 heavy (non-hydrogen) atoms. The molecule has 1 saturated carbocycles. The highest BCUT2D eigenvalue weighted by Crippen LogP contribution is 2.31. The highest BCUT2D eigenvalue weighted by atomic mass is 16.3. The molecule has 0 aromatic carbocycles. The van der Waals surface area contributed by atoms with Crippen LogP contribution in [-0.4, -0.2) is 35.1 Å². The van der Waals surface area contributed by atoms with Crippen molar-refractivity contribution in [2.45, 2.75) is 71.9 Å². The SMILES string of the molecule is CC1CCCC(O)(CNC(=O)C(C)NC(=O)C(C)(C)C)C1. The fourth-order valence-electron chi connectivity index (χ4n) is 2.68. The third-order valence-corrected chi connectivity index (χ3v) is 4.08. The Kier molecular flexibility index (Phi) is 5.79. The van der Waals surface area contributed by atoms with Crippen LogP contribution in [0.5, 0.6) is 0 Å². The van der Waals surface area contributed by atoms with Crippen LogP contribution in [0.1, 0.15) is 60.3 Å². The molecule has 1 rings (SSSR count). The smallest absolute Gasteiger partial charge is 0.242 e. The zero-order valence-electron chi connectivity index (χ0n) is 14.0. The Morgan fingerprint density at radius 1 is 1.38 bits per heavy atom. The van der Waals surface area contributed by atoms with Gasteiger partial charge in [0.25, 0.3) is 0 Å². The van der Waals surface area contributed by atoms with Gasteiger partial charge in [-0.05, 0) is 25.7 Å². The number of hydrogen-bond donors (Lipinski definition) is 3. The van der Waals surface area contributed by atoms with E-state index in [0.29, 0.717) is 5.92 Å². The summed E-state index contributed by atoms with van der Waals surface area (Å²) >= 11 is 0. The molecule has 3 atom stereocenters. The van der Waals surface area contributed by atoms with Gasteiger partial charge >= 0.3 is 0 Å². The Bertz CT molecular complexity index is 389. The number of carbonyl (C=O) groups excluding carboxylic acids is 2. The fraction of sp³-hybridized carbons (Fsp3) is 0.875. The maximum absolute atomic E-state index is 12.0. The highest BCUT2D eigenvalue weighted by molar-refractivity contribution is 5.89. The molecule has 0 heterocycles. The largest absolute Gasteiger partial charge is 0.388 e. The lowest BCUT2D eigenvalue weighted by Gasteiger charge is -2.36. The van der Waals surface area contributed by atoms with Gasteiger partial charge in [0.1, 0.15) is 6.04 Å². The second kappa shape index (κ2) is 6.77. The standard InChI is InChI=1S/C16H30N2O3/c1-11-7-6-8-16(21,9-11)10-17-13(19)12(2)18-14(20)15(3,4)5/h11-12,21H,6-10H2,1-5H3,(H,17,19)(H,18,20). The minimum absolute atomic E-state index is 0.157. The van der Waals surface area contributed by atoms with Gasteiger partial charge < -0.3 is 15.7 Å². The molecular weight excluding hydrogens is 268 g/mol. The summed E-state index contributed by atoms with van der Waals surface area (Å²) < 4.78 is 0. The lowest BCUT2D eigenvalue weighted by atomic mass is 9.79. The molecule has 0 aromatic heterocycles. The molecule has 0 saturated heterocycles. The zero-order chi connectivity index (χ0) is 16.3. The van der Waals surface area contributed by atoms with Gasteiger partial charge in [0.2, 0.25) is 11.8 Å². The third kappa shape index (κ3) is 5.65. The number of carbonyl (C=O) groups is 2. The molecule has 0 radical (unpaired) electrons. The molecule has 0 bridgehead atoms. The molecule has 5 nitrogen and oxygen atoms in total. The maximum atomic E-state index is 12.0. The topological polar surface area (TPSA) is 78.4 Å². The third-order valence-electron chi connectivity index (χ3n) is 4.08. The second-order valence-corrected chi connectivity index (χ2v) is 7.59. The normalized spacial score (nSPS) is 27.8. The van der Waals surface area contributed by atoms with Crippen LogP contribution in [0.2, 0.25) is 0 Å². The fourth-order valence-corrected chi connectivity index (χ4v) is 2.68. The van der Waals surface area contributed by atoms with Crippen molar-refractivity contribution in [2.75, 3.05) is 6.54 Å². The van der Waals surface area contributed by atoms with Gasteiger partial charge in [-0.25, -0.2) is 0 Å². The van der Waals surface area contributed by atoms with Gasteiger partial charge in [-0.3, -0.25) is 9.59 Å². The van der Waals surface area contributed by atoms with E-state index in [1.54, 1.807) is 27.7 Å². The molecule has 3 unspecified atom stereocenters. The zero-order valence-corrected chi connectivity index (χ0v) is 14.0. The molecule has 0 aromatic rings. The predicted octanol–water partition coefficient (Wildman–Crippen LogP) is 1.59. The summed E-state index contributed by atoms with van der Waals surface area (Å²) in [4.78, 5) is 23.9. The van der Waals surface area contributed by atoms with E-state index in [0.717, 1.165) is 25.7 Å². The quantitative estimate of drug-likeness (QED) is 0.737. The lowest BCUT2D eigenvalue weighted by molar-refractivity contribution is -0.133. The Morgan fingerprint density at radius 3 is 2.52 bits per heavy atom. The molecular formula is C16H30N2O3. The summed E-state index contributed by atoms with van der Waals surface area (Å²) in [6.45, 7) is 9.45. The first-order chi connectivity index (χ1) is 9.53. The van der Waals surface area contributed by atoms with Crippen molar-refractivity contribution < 1.29 is 14.7 Å².